The minimum atomic E-state index is -0.433. The Kier molecular flexibility index (Phi) is 31.9. The van der Waals surface area contributed by atoms with Crippen molar-refractivity contribution in [3.05, 3.63) is 268 Å². The number of nitrogens with zero attached hydrogens (tertiary/aromatic N) is 3. The number of furan rings is 6. The second-order valence-electron chi connectivity index (χ2n) is 25.3. The molecule has 1 saturated heterocycles. The van der Waals surface area contributed by atoms with E-state index in [1.54, 1.807) is 101 Å². The highest BCUT2D eigenvalue weighted by Crippen LogP contribution is 2.38. The predicted molar refractivity (Wildman–Crippen MR) is 451 cm³/mol. The number of ether oxygens (including phenoxy) is 1. The number of alkyl halides is 1. The fourth-order valence-electron chi connectivity index (χ4n) is 9.93. The maximum absolute atomic E-state index is 11.1. The number of hydrogen-bond donors (Lipinski definition) is 3. The third-order valence-electron chi connectivity index (χ3n) is 16.2. The summed E-state index contributed by atoms with van der Waals surface area (Å²) in [6, 6.07) is 51.0. The number of Topliss-reactive ketones (excluding diaryl/α,β-unsaturated/α-hetero) is 3. The second-order valence-corrected chi connectivity index (χ2v) is 31.3. The van der Waals surface area contributed by atoms with Gasteiger partial charge in [0.25, 0.3) is 5.95 Å². The monoisotopic (exact) mass is 1790 g/mol. The summed E-state index contributed by atoms with van der Waals surface area (Å²) in [5, 5.41) is 37.8. The van der Waals surface area contributed by atoms with E-state index in [4.69, 9.17) is 41.2 Å². The largest absolute Gasteiger partial charge is 0.571 e. The number of fused-ring (bicyclic) bond motifs is 4. The van der Waals surface area contributed by atoms with Crippen LogP contribution < -0.4 is 15.1 Å². The van der Waals surface area contributed by atoms with Crippen LogP contribution in [0.5, 0.6) is 23.2 Å². The van der Waals surface area contributed by atoms with Crippen molar-refractivity contribution in [1.29, 1.82) is 0 Å². The lowest BCUT2D eigenvalue weighted by molar-refractivity contribution is 0.00578. The van der Waals surface area contributed by atoms with Gasteiger partial charge in [0.15, 0.2) is 49.4 Å². The summed E-state index contributed by atoms with van der Waals surface area (Å²) in [6.07, 6.45) is 6.47. The Morgan fingerprint density at radius 1 is 0.545 bits per heavy atom. The molecule has 15 aromatic rings. The minimum absolute atomic E-state index is 0. The molecule has 3 N–H and O–H groups in total. The molecule has 19 nitrogen and oxygen atoms in total. The number of benzene rings is 6. The standard InChI is InChI=1S/C16H11NO2S.C15H19BO3.C9H9BrO2.C9H8O2.C9H10O2.C9H8O.C7H4BrNOS.C4H4BO3.C3HBr2NS.CH4/c1-10-4-5-11-8-15(19-14(11)7-10)12-9-20-16(17-12)13-3-2-6-18-13;1-10-6-7-11-9-13(17-12(11)8-10)16-18-14(2,3)15(4,5)19-16;1-6-2-3-7(8(11)4-6)9(12)5-10;1-6-2-3-7-8(10)5-11-9(7)4-6;1-6-3-4-8(7(2)10)9(11)5-6;1-7-2-3-8-4-5-10-9(8)6-7;8-6-4-11-7(9-6)5-2-1-3-10-5;6-5-8-4-2-1-3-7-4;4-2-1-7-3(5)6-2;/h2-9H,1H3;6-9H,1-5H3;2-4,11H,5H2,1H3;2-4H,5H2,1H3;3-5,11H,1-2H3;2-6H,1H3;1-4H;1-3,6H;1H;1H4. The summed E-state index contributed by atoms with van der Waals surface area (Å²) in [7, 11) is 0.136. The smallest absolute Gasteiger partial charge is 0.510 e. The van der Waals surface area contributed by atoms with Gasteiger partial charge >= 0.3 is 14.8 Å². The highest BCUT2D eigenvalue weighted by molar-refractivity contribution is 9.11. The third-order valence-corrected chi connectivity index (χ3v) is 21.2. The van der Waals surface area contributed by atoms with Crippen molar-refractivity contribution in [2.75, 3.05) is 11.9 Å². The molecule has 0 unspecified atom stereocenters. The average molecular weight is 1800 g/mol. The Bertz CT molecular complexity index is 5410. The molecule has 0 amide bonds. The van der Waals surface area contributed by atoms with Gasteiger partial charge in [0.1, 0.15) is 54.6 Å². The van der Waals surface area contributed by atoms with Crippen molar-refractivity contribution in [2.24, 2.45) is 0 Å². The van der Waals surface area contributed by atoms with Crippen LogP contribution in [-0.2, 0) is 9.31 Å². The first-order valence-corrected chi connectivity index (χ1v) is 39.5. The summed E-state index contributed by atoms with van der Waals surface area (Å²) < 4.78 is 56.3. The number of halogens is 4. The molecular weight excluding hydrogens is 1720 g/mol. The maximum atomic E-state index is 11.1. The van der Waals surface area contributed by atoms with Crippen molar-refractivity contribution in [2.45, 2.75) is 94.8 Å². The molecular formula is C82H78B2Br4N3O16S3. The van der Waals surface area contributed by atoms with Crippen LogP contribution in [0.15, 0.2) is 245 Å². The summed E-state index contributed by atoms with van der Waals surface area (Å²) in [4.78, 5) is 45.7. The molecule has 28 heteroatoms. The van der Waals surface area contributed by atoms with E-state index in [9.17, 15) is 24.6 Å². The fourth-order valence-corrected chi connectivity index (χ4v) is 13.9. The van der Waals surface area contributed by atoms with Gasteiger partial charge in [-0.3, -0.25) is 14.4 Å². The van der Waals surface area contributed by atoms with E-state index in [0.717, 1.165) is 107 Å². The molecule has 1 fully saturated rings. The molecule has 0 bridgehead atoms. The number of aromatic hydroxyl groups is 2. The van der Waals surface area contributed by atoms with Crippen LogP contribution in [0, 0.1) is 41.5 Å². The van der Waals surface area contributed by atoms with Crippen LogP contribution in [-0.4, -0.2) is 85.5 Å². The van der Waals surface area contributed by atoms with Crippen LogP contribution in [0.1, 0.15) is 107 Å². The number of phenolic OH excluding ortho intramolecular Hbond substituents is 2. The molecule has 110 heavy (non-hydrogen) atoms. The fraction of sp³-hybridized carbons (Fsp3) is 0.195. The first-order valence-electron chi connectivity index (χ1n) is 33.4. The number of ketones is 3. The number of thiazole rings is 3. The zero-order chi connectivity index (χ0) is 78.5. The van der Waals surface area contributed by atoms with E-state index in [0.29, 0.717) is 18.8 Å². The molecule has 0 atom stereocenters. The van der Waals surface area contributed by atoms with Crippen molar-refractivity contribution < 1.29 is 74.8 Å². The molecule has 0 spiro atoms. The second kappa shape index (κ2) is 40.7. The van der Waals surface area contributed by atoms with Crippen molar-refractivity contribution in [3.63, 3.8) is 0 Å². The van der Waals surface area contributed by atoms with Gasteiger partial charge in [-0.15, -0.1) is 34.0 Å². The van der Waals surface area contributed by atoms with Crippen LogP contribution in [0.2, 0.25) is 0 Å². The van der Waals surface area contributed by atoms with Crippen LogP contribution in [0.4, 0.5) is 0 Å². The lowest BCUT2D eigenvalue weighted by atomic mass is 9.86. The molecule has 9 aromatic heterocycles. The van der Waals surface area contributed by atoms with Crippen LogP contribution >= 0.6 is 97.7 Å². The summed E-state index contributed by atoms with van der Waals surface area (Å²) in [5.41, 5.74) is 11.7. The van der Waals surface area contributed by atoms with E-state index in [2.05, 4.69) is 145 Å². The zero-order valence-electron chi connectivity index (χ0n) is 60.9. The molecule has 17 rings (SSSR count). The van der Waals surface area contributed by atoms with Gasteiger partial charge < -0.3 is 60.4 Å². The molecule has 11 heterocycles. The Labute approximate surface area is 683 Å². The van der Waals surface area contributed by atoms with Gasteiger partial charge in [0.05, 0.1) is 58.3 Å². The summed E-state index contributed by atoms with van der Waals surface area (Å²) in [5.74, 6) is 3.41. The van der Waals surface area contributed by atoms with Crippen LogP contribution in [0.3, 0.4) is 0 Å². The molecule has 2 aliphatic rings. The van der Waals surface area contributed by atoms with Crippen molar-refractivity contribution in [3.8, 4) is 56.2 Å². The lowest BCUT2D eigenvalue weighted by Gasteiger charge is -2.32. The number of carbonyl (C=O) groups excluding carboxylic acids is 3. The molecule has 2 aliphatic heterocycles. The minimum Gasteiger partial charge on any atom is -0.510 e. The van der Waals surface area contributed by atoms with Crippen molar-refractivity contribution >= 4 is 168 Å². The maximum Gasteiger partial charge on any atom is 0.571 e. The van der Waals surface area contributed by atoms with E-state index < -0.39 is 7.12 Å². The van der Waals surface area contributed by atoms with Gasteiger partial charge in [-0.2, -0.15) is 0 Å². The van der Waals surface area contributed by atoms with E-state index in [-0.39, 0.29) is 65.4 Å². The molecule has 569 valence electrons. The zero-order valence-corrected chi connectivity index (χ0v) is 69.7. The molecule has 0 saturated carbocycles. The normalized spacial score (nSPS) is 12.4. The first-order chi connectivity index (χ1) is 52.0. The lowest BCUT2D eigenvalue weighted by Crippen LogP contribution is -2.41. The van der Waals surface area contributed by atoms with E-state index >= 15 is 0 Å². The molecule has 6 aromatic carbocycles. The van der Waals surface area contributed by atoms with Gasteiger partial charge in [0, 0.05) is 38.4 Å². The Morgan fingerprint density at radius 2 is 1.05 bits per heavy atom. The number of hydrogen-bond acceptors (Lipinski definition) is 22. The number of aromatic nitrogens is 3. The number of carbonyl (C=O) groups is 3. The quantitative estimate of drug-likeness (QED) is 0.0688. The third kappa shape index (κ3) is 24.7. The van der Waals surface area contributed by atoms with Gasteiger partial charge in [-0.1, -0.05) is 78.0 Å². The topological polar surface area (TPSA) is 266 Å². The average Bonchev–Trinajstić information content (AvgIpc) is 1.61. The number of rotatable bonds is 9. The van der Waals surface area contributed by atoms with Gasteiger partial charge in [0.2, 0.25) is 5.78 Å². The number of phenols is 2. The Morgan fingerprint density at radius 3 is 1.57 bits per heavy atom. The molecule has 0 aliphatic carbocycles. The summed E-state index contributed by atoms with van der Waals surface area (Å²) in [6.45, 7) is 21.7. The number of aryl methyl sites for hydroxylation is 6. The predicted octanol–water partition coefficient (Wildman–Crippen LogP) is 23.3. The van der Waals surface area contributed by atoms with E-state index in [1.165, 1.54) is 35.3 Å². The highest BCUT2D eigenvalue weighted by Gasteiger charge is 2.53. The Hall–Kier alpha value is -9.19. The highest BCUT2D eigenvalue weighted by atomic mass is 79.9. The van der Waals surface area contributed by atoms with Crippen molar-refractivity contribution in [1.82, 2.24) is 15.0 Å². The summed E-state index contributed by atoms with van der Waals surface area (Å²) >= 11 is 17.4. The van der Waals surface area contributed by atoms with Gasteiger partial charge in [-0.25, -0.2) is 15.0 Å². The van der Waals surface area contributed by atoms with Gasteiger partial charge in [-0.05, 0) is 260 Å². The Balaban J connectivity index is 0.000000158. The molecule has 1 radical (unpaired) electrons. The van der Waals surface area contributed by atoms with E-state index in [1.807, 2.05) is 143 Å². The first kappa shape index (κ1) is 86.4. The SMILES string of the molecule is Brc1csc(-c2ccco2)n1.Brc1csc(Br)n1.C.CC(=O)c1ccc(C)cc1O.Cc1ccc(C(=O)CBr)c(O)c1.Cc1ccc2c(c1)OCC2=O.Cc1ccc2cc(-c3csc(-c4ccco4)n3)oc2c1.Cc1ccc2cc(B3OC(C)(C)C(C)(C)O3)oc2c1.Cc1ccc2ccoc2c1.O[B]Oc1ccco1. The van der Waals surface area contributed by atoms with Crippen LogP contribution in [0.25, 0.3) is 65.9 Å².